The van der Waals surface area contributed by atoms with E-state index in [0.717, 1.165) is 37.2 Å². The Hall–Kier alpha value is -2.89. The van der Waals surface area contributed by atoms with Gasteiger partial charge >= 0.3 is 0 Å². The number of halogens is 2. The van der Waals surface area contributed by atoms with E-state index in [-0.39, 0.29) is 23.2 Å². The van der Waals surface area contributed by atoms with Crippen LogP contribution in [0.1, 0.15) is 80.4 Å². The highest BCUT2D eigenvalue weighted by Crippen LogP contribution is 2.48. The third-order valence-corrected chi connectivity index (χ3v) is 6.81. The van der Waals surface area contributed by atoms with Crippen molar-refractivity contribution in [2.75, 3.05) is 0 Å². The molecule has 1 aliphatic carbocycles. The van der Waals surface area contributed by atoms with Crippen LogP contribution in [0.25, 0.3) is 0 Å². The molecule has 4 nitrogen and oxygen atoms in total. The summed E-state index contributed by atoms with van der Waals surface area (Å²) < 4.78 is 28.1. The molecule has 1 heterocycles. The van der Waals surface area contributed by atoms with Gasteiger partial charge in [0.1, 0.15) is 29.3 Å². The van der Waals surface area contributed by atoms with Crippen LogP contribution < -0.4 is 0 Å². The van der Waals surface area contributed by atoms with Crippen molar-refractivity contribution in [3.63, 3.8) is 0 Å². The summed E-state index contributed by atoms with van der Waals surface area (Å²) in [5.74, 6) is -1.03. The van der Waals surface area contributed by atoms with Crippen molar-refractivity contribution >= 4 is 17.9 Å². The van der Waals surface area contributed by atoms with Crippen molar-refractivity contribution in [3.05, 3.63) is 70.8 Å². The molecule has 0 aromatic heterocycles. The lowest BCUT2D eigenvalue weighted by Gasteiger charge is -2.47. The molecule has 0 bridgehead atoms. The van der Waals surface area contributed by atoms with E-state index in [1.807, 2.05) is 17.0 Å². The minimum Gasteiger partial charge on any atom is -0.305 e. The van der Waals surface area contributed by atoms with Gasteiger partial charge in [-0.3, -0.25) is 14.6 Å². The smallest absolute Gasteiger partial charge is 0.275 e. The maximum absolute atomic E-state index is 14.0. The fraction of sp³-hybridized carbons (Fsp3) is 0.444. The first-order valence-corrected chi connectivity index (χ1v) is 11.7. The van der Waals surface area contributed by atoms with Gasteiger partial charge in [-0.05, 0) is 55.2 Å². The predicted octanol–water partition coefficient (Wildman–Crippen LogP) is 6.10. The lowest BCUT2D eigenvalue weighted by Crippen LogP contribution is -2.52. The van der Waals surface area contributed by atoms with Crippen molar-refractivity contribution in [2.24, 2.45) is 16.8 Å². The summed E-state index contributed by atoms with van der Waals surface area (Å²) in [6, 6.07) is 10.2. The molecule has 174 valence electrons. The van der Waals surface area contributed by atoms with Crippen LogP contribution in [0, 0.1) is 23.5 Å². The number of hydrogen-bond acceptors (Lipinski definition) is 3. The molecule has 2 aliphatic rings. The van der Waals surface area contributed by atoms with Crippen molar-refractivity contribution in [3.8, 4) is 0 Å². The van der Waals surface area contributed by atoms with Crippen LogP contribution >= 0.6 is 0 Å². The molecule has 33 heavy (non-hydrogen) atoms. The number of aldehydes is 1. The van der Waals surface area contributed by atoms with Crippen LogP contribution in [0.2, 0.25) is 0 Å². The number of rotatable bonds is 6. The van der Waals surface area contributed by atoms with E-state index in [1.54, 1.807) is 12.1 Å². The van der Waals surface area contributed by atoms with E-state index in [2.05, 4.69) is 20.8 Å². The number of nitrogens with zero attached hydrogens (tertiary/aromatic N) is 2. The zero-order valence-corrected chi connectivity index (χ0v) is 19.4. The molecule has 0 radical (unpaired) electrons. The van der Waals surface area contributed by atoms with Gasteiger partial charge in [0, 0.05) is 17.2 Å². The first-order valence-electron chi connectivity index (χ1n) is 11.7. The van der Waals surface area contributed by atoms with E-state index in [4.69, 9.17) is 4.99 Å². The second-order valence-corrected chi connectivity index (χ2v) is 9.72. The number of carbonyl (C=O) groups is 2. The molecule has 1 spiro atoms. The summed E-state index contributed by atoms with van der Waals surface area (Å²) in [6.07, 6.45) is 4.82. The van der Waals surface area contributed by atoms with E-state index >= 15 is 0 Å². The minimum atomic E-state index is -0.755. The Morgan fingerprint density at radius 1 is 1.09 bits per heavy atom. The van der Waals surface area contributed by atoms with E-state index in [1.165, 1.54) is 12.1 Å². The van der Waals surface area contributed by atoms with Crippen LogP contribution in [0.3, 0.4) is 0 Å². The molecule has 0 N–H and O–H groups in total. The first-order chi connectivity index (χ1) is 15.8. The summed E-state index contributed by atoms with van der Waals surface area (Å²) in [5, 5.41) is 0. The lowest BCUT2D eigenvalue weighted by atomic mass is 9.75. The van der Waals surface area contributed by atoms with Crippen LogP contribution in [0.4, 0.5) is 8.78 Å². The van der Waals surface area contributed by atoms with Crippen LogP contribution in [-0.2, 0) is 4.79 Å². The fourth-order valence-electron chi connectivity index (χ4n) is 5.78. The largest absolute Gasteiger partial charge is 0.305 e. The summed E-state index contributed by atoms with van der Waals surface area (Å²) in [4.78, 5) is 31.9. The summed E-state index contributed by atoms with van der Waals surface area (Å²) >= 11 is 0. The van der Waals surface area contributed by atoms with Crippen LogP contribution in [-0.4, -0.2) is 28.5 Å². The molecule has 1 fully saturated rings. The van der Waals surface area contributed by atoms with Gasteiger partial charge in [-0.1, -0.05) is 51.5 Å². The molecule has 4 rings (SSSR count). The summed E-state index contributed by atoms with van der Waals surface area (Å²) in [7, 11) is 0. The van der Waals surface area contributed by atoms with Gasteiger partial charge in [0.05, 0.1) is 6.04 Å². The second-order valence-electron chi connectivity index (χ2n) is 9.72. The Balaban J connectivity index is 1.84. The number of aliphatic imine (C=N–C) groups is 1. The van der Waals surface area contributed by atoms with Crippen LogP contribution in [0.15, 0.2) is 47.5 Å². The van der Waals surface area contributed by atoms with Crippen LogP contribution in [0.5, 0.6) is 0 Å². The third-order valence-electron chi connectivity index (χ3n) is 6.81. The molecule has 1 saturated carbocycles. The monoisotopic (exact) mass is 452 g/mol. The number of carbonyl (C=O) groups excluding carboxylic acids is 2. The molecule has 6 heteroatoms. The topological polar surface area (TPSA) is 49.7 Å². The Kier molecular flexibility index (Phi) is 6.46. The number of amides is 1. The average molecular weight is 453 g/mol. The highest BCUT2D eigenvalue weighted by molar-refractivity contribution is 6.46. The second kappa shape index (κ2) is 9.16. The molecule has 0 saturated heterocycles. The lowest BCUT2D eigenvalue weighted by molar-refractivity contribution is -0.134. The molecule has 1 aliphatic heterocycles. The van der Waals surface area contributed by atoms with Gasteiger partial charge in [-0.15, -0.1) is 0 Å². The van der Waals surface area contributed by atoms with Gasteiger partial charge in [-0.2, -0.15) is 0 Å². The van der Waals surface area contributed by atoms with Gasteiger partial charge in [-0.25, -0.2) is 8.78 Å². The third kappa shape index (κ3) is 4.48. The Morgan fingerprint density at radius 2 is 1.70 bits per heavy atom. The Labute approximate surface area is 193 Å². The van der Waals surface area contributed by atoms with Crippen molar-refractivity contribution in [2.45, 2.75) is 64.6 Å². The zero-order valence-electron chi connectivity index (χ0n) is 19.4. The Morgan fingerprint density at radius 3 is 2.24 bits per heavy atom. The van der Waals surface area contributed by atoms with E-state index in [0.29, 0.717) is 30.2 Å². The fourth-order valence-corrected chi connectivity index (χ4v) is 5.78. The molecule has 2 aromatic carbocycles. The number of benzene rings is 2. The summed E-state index contributed by atoms with van der Waals surface area (Å²) in [6.45, 7) is 6.40. The van der Waals surface area contributed by atoms with Gasteiger partial charge in [0.2, 0.25) is 0 Å². The zero-order chi connectivity index (χ0) is 23.8. The highest BCUT2D eigenvalue weighted by Gasteiger charge is 2.53. The van der Waals surface area contributed by atoms with Gasteiger partial charge < -0.3 is 4.90 Å². The Bertz CT molecular complexity index is 1050. The SMILES string of the molecule is CCCC(c1ccc(C=O)cc1)N1C(=O)C(c2cc(F)cc(F)c2)=NC12CC(C)CC(C)C2. The predicted molar refractivity (Wildman–Crippen MR) is 124 cm³/mol. The minimum absolute atomic E-state index is 0.125. The molecule has 3 unspecified atom stereocenters. The standard InChI is InChI=1S/C27H30F2N2O2/c1-4-5-24(20-8-6-19(16-32)7-9-20)31-26(33)25(21-11-22(28)13-23(29)12-21)30-27(31)14-17(2)10-18(3)15-27/h6-9,11-13,16-18,24H,4-5,10,14-15H2,1-3H3. The summed E-state index contributed by atoms with van der Waals surface area (Å²) in [5.41, 5.74) is 1.05. The van der Waals surface area contributed by atoms with Gasteiger partial charge in [0.15, 0.2) is 0 Å². The molecular weight excluding hydrogens is 422 g/mol. The van der Waals surface area contributed by atoms with E-state index < -0.39 is 17.3 Å². The maximum Gasteiger partial charge on any atom is 0.275 e. The van der Waals surface area contributed by atoms with Crippen molar-refractivity contribution in [1.29, 1.82) is 0 Å². The van der Waals surface area contributed by atoms with Crippen molar-refractivity contribution in [1.82, 2.24) is 4.90 Å². The first kappa shape index (κ1) is 23.3. The molecule has 3 atom stereocenters. The maximum atomic E-state index is 14.0. The quantitative estimate of drug-likeness (QED) is 0.497. The number of hydrogen-bond donors (Lipinski definition) is 0. The molecule has 1 amide bonds. The van der Waals surface area contributed by atoms with Crippen molar-refractivity contribution < 1.29 is 18.4 Å². The molecule has 2 aromatic rings. The highest BCUT2D eigenvalue weighted by atomic mass is 19.1. The van der Waals surface area contributed by atoms with E-state index in [9.17, 15) is 18.4 Å². The average Bonchev–Trinajstić information content (AvgIpc) is 3.01. The van der Waals surface area contributed by atoms with Gasteiger partial charge in [0.25, 0.3) is 5.91 Å². The molecular formula is C27H30F2N2O2. The normalized spacial score (nSPS) is 25.9.